The molecule has 0 aliphatic carbocycles. The van der Waals surface area contributed by atoms with Crippen molar-refractivity contribution < 1.29 is 42.3 Å². The summed E-state index contributed by atoms with van der Waals surface area (Å²) in [6.07, 6.45) is -0.351. The van der Waals surface area contributed by atoms with Gasteiger partial charge in [0.2, 0.25) is 11.9 Å². The predicted octanol–water partition coefficient (Wildman–Crippen LogP) is 8.21. The molecule has 4 heterocycles. The molecule has 358 valence electrons. The summed E-state index contributed by atoms with van der Waals surface area (Å²) in [5.74, 6) is 0.612. The van der Waals surface area contributed by atoms with Crippen LogP contribution in [-0.2, 0) is 38.4 Å². The quantitative estimate of drug-likeness (QED) is 0.0406. The van der Waals surface area contributed by atoms with Crippen molar-refractivity contribution in [2.24, 2.45) is 5.92 Å². The van der Waals surface area contributed by atoms with Crippen LogP contribution in [0.2, 0.25) is 0 Å². The lowest BCUT2D eigenvalue weighted by atomic mass is 9.80. The summed E-state index contributed by atoms with van der Waals surface area (Å²) in [4.78, 5) is 38.2. The lowest BCUT2D eigenvalue weighted by Gasteiger charge is -2.40. The van der Waals surface area contributed by atoms with Crippen molar-refractivity contribution >= 4 is 31.5 Å². The van der Waals surface area contributed by atoms with E-state index in [-0.39, 0.29) is 60.7 Å². The van der Waals surface area contributed by atoms with Crippen LogP contribution in [0.5, 0.6) is 11.5 Å². The van der Waals surface area contributed by atoms with Crippen molar-refractivity contribution in [2.45, 2.75) is 116 Å². The van der Waals surface area contributed by atoms with Gasteiger partial charge in [0, 0.05) is 24.6 Å². The van der Waals surface area contributed by atoms with Crippen LogP contribution < -0.4 is 20.3 Å². The number of rotatable bonds is 21. The number of fused-ring (bicyclic) bond motifs is 1. The fraction of sp³-hybridized carbons (Fsp3) is 0.490. The van der Waals surface area contributed by atoms with E-state index in [1.54, 1.807) is 32.6 Å². The molecule has 7 rings (SSSR count). The van der Waals surface area contributed by atoms with Gasteiger partial charge in [-0.05, 0) is 87.9 Å². The maximum Gasteiger partial charge on any atom is 0.280 e. The van der Waals surface area contributed by atoms with E-state index >= 15 is 0 Å². The first-order chi connectivity index (χ1) is 32.4. The molecule has 5 aromatic rings. The predicted molar refractivity (Wildman–Crippen MR) is 252 cm³/mol. The van der Waals surface area contributed by atoms with E-state index in [1.807, 2.05) is 78.9 Å². The summed E-state index contributed by atoms with van der Waals surface area (Å²) in [6, 6.07) is 27.6. The highest BCUT2D eigenvalue weighted by Gasteiger charge is 2.53. The third-order valence-electron chi connectivity index (χ3n) is 11.7. The molecule has 2 fully saturated rings. The fourth-order valence-electron chi connectivity index (χ4n) is 8.44. The van der Waals surface area contributed by atoms with E-state index in [0.717, 1.165) is 29.5 Å². The Kier molecular flexibility index (Phi) is 16.8. The van der Waals surface area contributed by atoms with Gasteiger partial charge >= 0.3 is 0 Å². The number of imidazole rings is 1. The minimum Gasteiger partial charge on any atom is -0.497 e. The molecule has 6 atom stereocenters. The van der Waals surface area contributed by atoms with Crippen molar-refractivity contribution in [1.29, 1.82) is 5.26 Å². The van der Waals surface area contributed by atoms with Gasteiger partial charge in [0.25, 0.3) is 14.1 Å². The van der Waals surface area contributed by atoms with Crippen LogP contribution in [0.25, 0.3) is 11.2 Å². The number of nitrogens with zero attached hydrogens (tertiary/aromatic N) is 5. The average molecular weight is 940 g/mol. The number of aromatic nitrogens is 4. The third kappa shape index (κ3) is 11.2. The summed E-state index contributed by atoms with van der Waals surface area (Å²) in [5.41, 5.74) is 0.873. The number of ether oxygens (including phenoxy) is 6. The standard InChI is InChI=1S/C49H62N7O10P/c1-31(2)45(57)53-48-52-44-41(46(58)54-48)51-30-55(44)47-43(65-40-17-12-13-27-61-40)42(66-67(63-28-14-26-50)56(32(3)4)33(5)6)39(64-47)29-62-49(34-15-10-9-11-16-34,35-18-22-37(59-7)23-19-35)36-20-24-38(60-8)25-21-36/h9-11,15-16,18-25,30-33,39-40,42-43,47H,12-14,17,27-29H2,1-8H3,(H2,52,53,54,57,58)/t39-,40?,42-,43-,47-,67?/m1/s1. The number of hydrogen-bond acceptors (Lipinski definition) is 14. The van der Waals surface area contributed by atoms with Gasteiger partial charge in [-0.3, -0.25) is 24.5 Å². The van der Waals surface area contributed by atoms with Gasteiger partial charge in [-0.1, -0.05) is 68.4 Å². The minimum absolute atomic E-state index is 0.0223. The Bertz CT molecular complexity index is 2420. The molecule has 0 spiro atoms. The van der Waals surface area contributed by atoms with Crippen LogP contribution >= 0.6 is 8.53 Å². The van der Waals surface area contributed by atoms with Gasteiger partial charge in [0.1, 0.15) is 35.4 Å². The van der Waals surface area contributed by atoms with E-state index in [0.29, 0.717) is 24.5 Å². The van der Waals surface area contributed by atoms with Gasteiger partial charge in [-0.25, -0.2) is 9.65 Å². The van der Waals surface area contributed by atoms with Crippen molar-refractivity contribution in [1.82, 2.24) is 24.2 Å². The first kappa shape index (κ1) is 49.6. The molecule has 2 N–H and O–H groups in total. The average Bonchev–Trinajstić information content (AvgIpc) is 3.90. The van der Waals surface area contributed by atoms with Gasteiger partial charge in [-0.15, -0.1) is 0 Å². The Labute approximate surface area is 393 Å². The molecular formula is C49H62N7O10P. The molecule has 2 aliphatic rings. The van der Waals surface area contributed by atoms with Crippen LogP contribution in [-0.4, -0.2) is 101 Å². The molecule has 0 saturated carbocycles. The molecule has 2 aliphatic heterocycles. The number of anilines is 1. The SMILES string of the molecule is COc1ccc(C(OC[C@H]2O[C@@H](n3cnc4c(=O)[nH]c(NC(=O)C(C)C)nc43)[C@H](OC3CCCCO3)[C@@H]2OP(OCCC#N)N(C(C)C)C(C)C)(c2ccccc2)c2ccc(OC)cc2)cc1. The number of aromatic amines is 1. The Morgan fingerprint density at radius 3 is 2.15 bits per heavy atom. The highest BCUT2D eigenvalue weighted by molar-refractivity contribution is 7.44. The zero-order chi connectivity index (χ0) is 47.7. The van der Waals surface area contributed by atoms with Crippen LogP contribution in [0.3, 0.4) is 0 Å². The molecule has 2 unspecified atom stereocenters. The fourth-order valence-corrected chi connectivity index (χ4v) is 10.2. The second kappa shape index (κ2) is 22.7. The zero-order valence-corrected chi connectivity index (χ0v) is 40.3. The number of H-pyrrole nitrogens is 1. The van der Waals surface area contributed by atoms with Crippen molar-refractivity contribution in [2.75, 3.05) is 39.4 Å². The molecule has 1 amide bonds. The topological polar surface area (TPSA) is 194 Å². The van der Waals surface area contributed by atoms with Crippen molar-refractivity contribution in [3.05, 3.63) is 112 Å². The highest BCUT2D eigenvalue weighted by atomic mass is 31.2. The minimum atomic E-state index is -1.87. The second-order valence-electron chi connectivity index (χ2n) is 17.3. The zero-order valence-electron chi connectivity index (χ0n) is 39.4. The number of amides is 1. The van der Waals surface area contributed by atoms with Gasteiger partial charge < -0.3 is 37.5 Å². The molecule has 0 bridgehead atoms. The van der Waals surface area contributed by atoms with E-state index in [4.69, 9.17) is 42.5 Å². The van der Waals surface area contributed by atoms with Crippen molar-refractivity contribution in [3.8, 4) is 17.6 Å². The molecule has 2 aromatic heterocycles. The summed E-state index contributed by atoms with van der Waals surface area (Å²) < 4.78 is 56.6. The second-order valence-corrected chi connectivity index (χ2v) is 18.7. The smallest absolute Gasteiger partial charge is 0.280 e. The number of nitrogens with one attached hydrogen (secondary N) is 2. The molecule has 67 heavy (non-hydrogen) atoms. The summed E-state index contributed by atoms with van der Waals surface area (Å²) in [7, 11) is 1.38. The van der Waals surface area contributed by atoms with E-state index < -0.39 is 50.5 Å². The number of carbonyl (C=O) groups excluding carboxylic acids is 1. The Balaban J connectivity index is 1.40. The first-order valence-electron chi connectivity index (χ1n) is 22.8. The number of carbonyl (C=O) groups is 1. The van der Waals surface area contributed by atoms with Crippen LogP contribution in [0, 0.1) is 17.2 Å². The van der Waals surface area contributed by atoms with Crippen LogP contribution in [0.4, 0.5) is 5.95 Å². The number of hydrogen-bond donors (Lipinski definition) is 2. The molecule has 17 nitrogen and oxygen atoms in total. The number of nitriles is 1. The lowest BCUT2D eigenvalue weighted by molar-refractivity contribution is -0.213. The molecule has 3 aromatic carbocycles. The molecular weight excluding hydrogens is 878 g/mol. The third-order valence-corrected chi connectivity index (χ3v) is 13.8. The largest absolute Gasteiger partial charge is 0.497 e. The maximum atomic E-state index is 13.6. The summed E-state index contributed by atoms with van der Waals surface area (Å²) >= 11 is 0. The normalized spacial score (nSPS) is 20.4. The Hall–Kier alpha value is -5.28. The summed E-state index contributed by atoms with van der Waals surface area (Å²) in [6.45, 7) is 12.3. The Morgan fingerprint density at radius 2 is 1.58 bits per heavy atom. The van der Waals surface area contributed by atoms with Gasteiger partial charge in [-0.2, -0.15) is 10.2 Å². The molecule has 0 radical (unpaired) electrons. The summed E-state index contributed by atoms with van der Waals surface area (Å²) in [5, 5.41) is 12.3. The van der Waals surface area contributed by atoms with E-state index in [2.05, 4.69) is 53.7 Å². The number of methoxy groups -OCH3 is 2. The molecule has 2 saturated heterocycles. The highest BCUT2D eigenvalue weighted by Crippen LogP contribution is 2.52. The monoisotopic (exact) mass is 939 g/mol. The van der Waals surface area contributed by atoms with Crippen LogP contribution in [0.15, 0.2) is 90.0 Å². The van der Waals surface area contributed by atoms with Gasteiger partial charge in [0.15, 0.2) is 23.7 Å². The maximum absolute atomic E-state index is 13.6. The number of benzene rings is 3. The molecule has 18 heteroatoms. The lowest BCUT2D eigenvalue weighted by Crippen LogP contribution is -2.44. The van der Waals surface area contributed by atoms with Crippen molar-refractivity contribution in [3.63, 3.8) is 0 Å². The Morgan fingerprint density at radius 1 is 0.940 bits per heavy atom. The van der Waals surface area contributed by atoms with Gasteiger partial charge in [0.05, 0.1) is 46.3 Å². The first-order valence-corrected chi connectivity index (χ1v) is 23.9. The van der Waals surface area contributed by atoms with E-state index in [9.17, 15) is 14.9 Å². The van der Waals surface area contributed by atoms with Crippen LogP contribution in [0.1, 0.15) is 90.1 Å². The van der Waals surface area contributed by atoms with E-state index in [1.165, 1.54) is 6.33 Å².